The summed E-state index contributed by atoms with van der Waals surface area (Å²) >= 11 is 0. The standard InChI is InChI=1S/C38H42FN5O4/c1-25-34(37(2,3)39)32(19-21-42-24-30(40-41-42)35(46)27-14-8-5-9-15-27)48-38(25)29-22-28(43-20-11-10-16-33(43)45)17-18-31(29)44(36(38)47)23-26-12-6-4-7-13-26/h4-9,12-15,17-18,22,24-25,32,34-35,46H,10-11,16,19-21,23H2,1-3H3/t25-,32+,34-,35-,38+/m1/s1. The summed E-state index contributed by atoms with van der Waals surface area (Å²) in [4.78, 5) is 31.3. The summed E-state index contributed by atoms with van der Waals surface area (Å²) in [6.45, 7) is 6.33. The van der Waals surface area contributed by atoms with Crippen molar-refractivity contribution in [2.45, 2.75) is 83.0 Å². The lowest BCUT2D eigenvalue weighted by Crippen LogP contribution is -2.45. The van der Waals surface area contributed by atoms with Crippen LogP contribution in [-0.4, -0.2) is 50.2 Å². The molecule has 7 rings (SSSR count). The van der Waals surface area contributed by atoms with Gasteiger partial charge in [-0.3, -0.25) is 14.3 Å². The Morgan fingerprint density at radius 2 is 1.77 bits per heavy atom. The number of aryl methyl sites for hydroxylation is 1. The van der Waals surface area contributed by atoms with Crippen molar-refractivity contribution in [2.24, 2.45) is 11.8 Å². The van der Waals surface area contributed by atoms with Crippen LogP contribution in [0.3, 0.4) is 0 Å². The molecular formula is C38H42FN5O4. The number of hydrogen-bond acceptors (Lipinski definition) is 6. The summed E-state index contributed by atoms with van der Waals surface area (Å²) in [6, 6.07) is 24.8. The molecule has 48 heavy (non-hydrogen) atoms. The Kier molecular flexibility index (Phi) is 8.41. The van der Waals surface area contributed by atoms with Crippen LogP contribution >= 0.6 is 0 Å². The predicted molar refractivity (Wildman–Crippen MR) is 180 cm³/mol. The summed E-state index contributed by atoms with van der Waals surface area (Å²) in [7, 11) is 0. The van der Waals surface area contributed by atoms with Crippen molar-refractivity contribution in [3.05, 3.63) is 107 Å². The minimum Gasteiger partial charge on any atom is -0.382 e. The molecular weight excluding hydrogens is 609 g/mol. The van der Waals surface area contributed by atoms with E-state index in [-0.39, 0.29) is 11.8 Å². The molecule has 0 saturated carbocycles. The molecule has 1 N–H and O–H groups in total. The number of benzene rings is 3. The fourth-order valence-corrected chi connectivity index (χ4v) is 8.09. The lowest BCUT2D eigenvalue weighted by molar-refractivity contribution is -0.146. The van der Waals surface area contributed by atoms with E-state index in [2.05, 4.69) is 10.3 Å². The molecule has 4 aromatic rings. The number of aromatic nitrogens is 3. The first-order valence-electron chi connectivity index (χ1n) is 16.9. The third-order valence-corrected chi connectivity index (χ3v) is 10.4. The van der Waals surface area contributed by atoms with E-state index in [9.17, 15) is 14.7 Å². The van der Waals surface area contributed by atoms with Gasteiger partial charge in [0.05, 0.1) is 24.5 Å². The number of amides is 2. The molecule has 0 radical (unpaired) electrons. The van der Waals surface area contributed by atoms with Gasteiger partial charge in [0.15, 0.2) is 5.60 Å². The van der Waals surface area contributed by atoms with Gasteiger partial charge in [-0.1, -0.05) is 72.8 Å². The molecule has 2 saturated heterocycles. The Bertz CT molecular complexity index is 1790. The molecule has 10 heteroatoms. The SMILES string of the molecule is C[C@@H]1[C@@H](C(C)(C)F)[C@H](CCn2cc([C@H](O)c3ccccc3)nn2)O[C@@]12C(=O)N(Cc1ccccc1)c1ccc(N3CCCCC3=O)cc12. The molecule has 4 heterocycles. The zero-order chi connectivity index (χ0) is 33.6. The maximum absolute atomic E-state index is 16.3. The Morgan fingerprint density at radius 1 is 1.04 bits per heavy atom. The molecule has 0 bridgehead atoms. The number of carbonyl (C=O) groups excluding carboxylic acids is 2. The van der Waals surface area contributed by atoms with Crippen molar-refractivity contribution in [3.8, 4) is 0 Å². The Hall–Kier alpha value is -4.41. The van der Waals surface area contributed by atoms with Crippen molar-refractivity contribution in [2.75, 3.05) is 16.3 Å². The average molecular weight is 652 g/mol. The predicted octanol–water partition coefficient (Wildman–Crippen LogP) is 6.11. The van der Waals surface area contributed by atoms with Crippen LogP contribution in [-0.2, 0) is 33.0 Å². The van der Waals surface area contributed by atoms with Gasteiger partial charge in [0, 0.05) is 42.6 Å². The number of hydrogen-bond donors (Lipinski definition) is 1. The van der Waals surface area contributed by atoms with E-state index in [1.54, 1.807) is 34.5 Å². The lowest BCUT2D eigenvalue weighted by Gasteiger charge is -2.33. The highest BCUT2D eigenvalue weighted by atomic mass is 19.1. The number of fused-ring (bicyclic) bond motifs is 2. The van der Waals surface area contributed by atoms with Gasteiger partial charge in [0.25, 0.3) is 5.91 Å². The highest BCUT2D eigenvalue weighted by Crippen LogP contribution is 2.59. The molecule has 2 fully saturated rings. The number of aliphatic hydroxyl groups excluding tert-OH is 1. The van der Waals surface area contributed by atoms with Gasteiger partial charge in [0.1, 0.15) is 17.5 Å². The van der Waals surface area contributed by atoms with Gasteiger partial charge in [-0.2, -0.15) is 0 Å². The normalized spacial score (nSPS) is 24.8. The van der Waals surface area contributed by atoms with Gasteiger partial charge in [-0.05, 0) is 62.4 Å². The zero-order valence-corrected chi connectivity index (χ0v) is 27.6. The average Bonchev–Trinajstić information content (AvgIpc) is 3.75. The number of nitrogens with zero attached hydrogens (tertiary/aromatic N) is 5. The summed E-state index contributed by atoms with van der Waals surface area (Å²) in [5.41, 5.74) is 1.11. The van der Waals surface area contributed by atoms with E-state index in [4.69, 9.17) is 4.74 Å². The number of aliphatic hydroxyl groups is 1. The summed E-state index contributed by atoms with van der Waals surface area (Å²) in [5.74, 6) is -1.30. The lowest BCUT2D eigenvalue weighted by atomic mass is 9.71. The van der Waals surface area contributed by atoms with E-state index in [1.807, 2.05) is 85.8 Å². The molecule has 3 aromatic carbocycles. The van der Waals surface area contributed by atoms with Crippen LogP contribution in [0.15, 0.2) is 85.1 Å². The van der Waals surface area contributed by atoms with Crippen molar-refractivity contribution < 1.29 is 23.8 Å². The quantitative estimate of drug-likeness (QED) is 0.235. The molecule has 1 aromatic heterocycles. The van der Waals surface area contributed by atoms with Crippen LogP contribution in [0.2, 0.25) is 0 Å². The fourth-order valence-electron chi connectivity index (χ4n) is 8.09. The van der Waals surface area contributed by atoms with Gasteiger partial charge < -0.3 is 19.6 Å². The topological polar surface area (TPSA) is 101 Å². The van der Waals surface area contributed by atoms with Crippen molar-refractivity contribution in [1.29, 1.82) is 0 Å². The van der Waals surface area contributed by atoms with Gasteiger partial charge in [0.2, 0.25) is 5.91 Å². The molecule has 0 aliphatic carbocycles. The largest absolute Gasteiger partial charge is 0.382 e. The maximum atomic E-state index is 16.3. The van der Waals surface area contributed by atoms with Crippen LogP contribution in [0.1, 0.15) is 74.9 Å². The second kappa shape index (κ2) is 12.6. The van der Waals surface area contributed by atoms with Crippen LogP contribution in [0.5, 0.6) is 0 Å². The molecule has 5 atom stereocenters. The molecule has 250 valence electrons. The number of rotatable bonds is 9. The molecule has 3 aliphatic heterocycles. The molecule has 2 amide bonds. The zero-order valence-electron chi connectivity index (χ0n) is 27.6. The Balaban J connectivity index is 1.23. The first kappa shape index (κ1) is 32.2. The number of carbonyl (C=O) groups is 2. The number of halogens is 1. The van der Waals surface area contributed by atoms with Gasteiger partial charge in [-0.25, -0.2) is 4.39 Å². The van der Waals surface area contributed by atoms with Gasteiger partial charge >= 0.3 is 0 Å². The van der Waals surface area contributed by atoms with E-state index in [0.29, 0.717) is 49.3 Å². The van der Waals surface area contributed by atoms with E-state index < -0.39 is 35.3 Å². The Labute approximate surface area is 280 Å². The Morgan fingerprint density at radius 3 is 2.48 bits per heavy atom. The van der Waals surface area contributed by atoms with Crippen LogP contribution in [0.25, 0.3) is 0 Å². The van der Waals surface area contributed by atoms with E-state index in [1.165, 1.54) is 0 Å². The number of piperidine rings is 1. The summed E-state index contributed by atoms with van der Waals surface area (Å²) in [6.07, 6.45) is 2.78. The van der Waals surface area contributed by atoms with Crippen LogP contribution in [0.4, 0.5) is 15.8 Å². The van der Waals surface area contributed by atoms with E-state index in [0.717, 1.165) is 29.8 Å². The third kappa shape index (κ3) is 5.60. The molecule has 9 nitrogen and oxygen atoms in total. The third-order valence-electron chi connectivity index (χ3n) is 10.4. The minimum atomic E-state index is -1.67. The number of alkyl halides is 1. The van der Waals surface area contributed by atoms with Crippen LogP contribution < -0.4 is 9.80 Å². The van der Waals surface area contributed by atoms with Crippen molar-refractivity contribution in [1.82, 2.24) is 15.0 Å². The van der Waals surface area contributed by atoms with Crippen molar-refractivity contribution >= 4 is 23.2 Å². The fraction of sp³-hybridized carbons (Fsp3) is 0.421. The first-order chi connectivity index (χ1) is 23.1. The second-order valence-electron chi connectivity index (χ2n) is 13.9. The number of anilines is 2. The second-order valence-corrected chi connectivity index (χ2v) is 13.9. The van der Waals surface area contributed by atoms with Gasteiger partial charge in [-0.15, -0.1) is 5.10 Å². The van der Waals surface area contributed by atoms with E-state index >= 15 is 4.39 Å². The highest BCUT2D eigenvalue weighted by Gasteiger charge is 2.66. The molecule has 3 aliphatic rings. The summed E-state index contributed by atoms with van der Waals surface area (Å²) < 4.78 is 24.9. The number of ether oxygens (including phenoxy) is 1. The first-order valence-corrected chi connectivity index (χ1v) is 16.9. The maximum Gasteiger partial charge on any atom is 0.264 e. The minimum absolute atomic E-state index is 0.0614. The molecule has 0 unspecified atom stereocenters. The monoisotopic (exact) mass is 651 g/mol. The van der Waals surface area contributed by atoms with Crippen molar-refractivity contribution in [3.63, 3.8) is 0 Å². The smallest absolute Gasteiger partial charge is 0.264 e. The summed E-state index contributed by atoms with van der Waals surface area (Å²) in [5, 5.41) is 19.3. The van der Waals surface area contributed by atoms with Crippen LogP contribution in [0, 0.1) is 11.8 Å². The highest BCUT2D eigenvalue weighted by molar-refractivity contribution is 6.08. The molecule has 1 spiro atoms.